The van der Waals surface area contributed by atoms with Gasteiger partial charge in [-0.3, -0.25) is 9.89 Å². The van der Waals surface area contributed by atoms with Crippen molar-refractivity contribution in [3.63, 3.8) is 0 Å². The van der Waals surface area contributed by atoms with E-state index in [-0.39, 0.29) is 5.78 Å². The Morgan fingerprint density at radius 1 is 1.31 bits per heavy atom. The van der Waals surface area contributed by atoms with Gasteiger partial charge >= 0.3 is 0 Å². The van der Waals surface area contributed by atoms with Crippen LogP contribution in [0.4, 0.5) is 0 Å². The van der Waals surface area contributed by atoms with E-state index in [4.69, 9.17) is 0 Å². The molecular formula is C12H13N3O. The normalized spacial score (nSPS) is 22.1. The standard InChI is InChI=1S/C12H13N3O/c13-7-12(5-8(16)6-12)11-9-3-1-2-4-10(9)14-15-11/h1-6H2,(H,14,15). The highest BCUT2D eigenvalue weighted by Gasteiger charge is 2.49. The zero-order valence-electron chi connectivity index (χ0n) is 9.05. The maximum atomic E-state index is 11.1. The van der Waals surface area contributed by atoms with Crippen molar-refractivity contribution in [2.24, 2.45) is 0 Å². The fourth-order valence-electron chi connectivity index (χ4n) is 2.80. The highest BCUT2D eigenvalue weighted by Crippen LogP contribution is 2.42. The Labute approximate surface area is 93.7 Å². The number of fused-ring (bicyclic) bond motifs is 1. The summed E-state index contributed by atoms with van der Waals surface area (Å²) in [4.78, 5) is 11.1. The summed E-state index contributed by atoms with van der Waals surface area (Å²) in [6, 6.07) is 2.29. The molecule has 82 valence electrons. The van der Waals surface area contributed by atoms with Gasteiger partial charge < -0.3 is 0 Å². The first-order chi connectivity index (χ1) is 7.75. The quantitative estimate of drug-likeness (QED) is 0.770. The fourth-order valence-corrected chi connectivity index (χ4v) is 2.80. The molecule has 4 heteroatoms. The van der Waals surface area contributed by atoms with Crippen molar-refractivity contribution < 1.29 is 4.79 Å². The molecule has 0 saturated heterocycles. The van der Waals surface area contributed by atoms with Gasteiger partial charge in [0.05, 0.1) is 11.8 Å². The molecular weight excluding hydrogens is 202 g/mol. The lowest BCUT2D eigenvalue weighted by Crippen LogP contribution is -2.41. The van der Waals surface area contributed by atoms with Crippen LogP contribution >= 0.6 is 0 Å². The number of hydrogen-bond donors (Lipinski definition) is 1. The molecule has 0 atom stereocenters. The Morgan fingerprint density at radius 2 is 2.06 bits per heavy atom. The summed E-state index contributed by atoms with van der Waals surface area (Å²) < 4.78 is 0. The third kappa shape index (κ3) is 1.15. The van der Waals surface area contributed by atoms with E-state index in [1.807, 2.05) is 0 Å². The van der Waals surface area contributed by atoms with Crippen molar-refractivity contribution in [2.75, 3.05) is 0 Å². The molecule has 1 aromatic heterocycles. The molecule has 1 aromatic rings. The third-order valence-corrected chi connectivity index (χ3v) is 3.72. The second-order valence-corrected chi connectivity index (χ2v) is 4.82. The predicted molar refractivity (Wildman–Crippen MR) is 56.8 cm³/mol. The van der Waals surface area contributed by atoms with Crippen LogP contribution in [0.15, 0.2) is 0 Å². The molecule has 2 aliphatic carbocycles. The zero-order valence-corrected chi connectivity index (χ0v) is 9.05. The average Bonchev–Trinajstić information content (AvgIpc) is 2.68. The number of aryl methyl sites for hydroxylation is 1. The van der Waals surface area contributed by atoms with Crippen LogP contribution in [0.3, 0.4) is 0 Å². The minimum atomic E-state index is -0.613. The number of nitrogens with zero attached hydrogens (tertiary/aromatic N) is 2. The third-order valence-electron chi connectivity index (χ3n) is 3.72. The van der Waals surface area contributed by atoms with E-state index in [1.54, 1.807) is 0 Å². The summed E-state index contributed by atoms with van der Waals surface area (Å²) in [6.45, 7) is 0. The average molecular weight is 215 g/mol. The number of aromatic amines is 1. The van der Waals surface area contributed by atoms with Crippen molar-refractivity contribution in [1.82, 2.24) is 10.2 Å². The van der Waals surface area contributed by atoms with Crippen molar-refractivity contribution in [3.05, 3.63) is 17.0 Å². The van der Waals surface area contributed by atoms with Gasteiger partial charge in [-0.25, -0.2) is 0 Å². The Morgan fingerprint density at radius 3 is 2.75 bits per heavy atom. The van der Waals surface area contributed by atoms with Gasteiger partial charge in [0.1, 0.15) is 11.2 Å². The van der Waals surface area contributed by atoms with Crippen LogP contribution in [0.5, 0.6) is 0 Å². The first kappa shape index (κ1) is 9.59. The van der Waals surface area contributed by atoms with Gasteiger partial charge in [0.2, 0.25) is 0 Å². The number of Topliss-reactive ketones (excluding diaryl/α,β-unsaturated/α-hetero) is 1. The van der Waals surface area contributed by atoms with Gasteiger partial charge in [-0.05, 0) is 31.2 Å². The topological polar surface area (TPSA) is 69.5 Å². The second kappa shape index (κ2) is 3.18. The Hall–Kier alpha value is -1.63. The van der Waals surface area contributed by atoms with Gasteiger partial charge in [0.15, 0.2) is 0 Å². The van der Waals surface area contributed by atoms with E-state index in [0.29, 0.717) is 12.8 Å². The Balaban J connectivity index is 2.04. The van der Waals surface area contributed by atoms with Crippen molar-refractivity contribution in [2.45, 2.75) is 43.9 Å². The lowest BCUT2D eigenvalue weighted by molar-refractivity contribution is -0.126. The lowest BCUT2D eigenvalue weighted by atomic mass is 9.65. The molecule has 0 spiro atoms. The van der Waals surface area contributed by atoms with Crippen LogP contribution in [0.2, 0.25) is 0 Å². The van der Waals surface area contributed by atoms with E-state index >= 15 is 0 Å². The summed E-state index contributed by atoms with van der Waals surface area (Å²) in [5, 5.41) is 16.6. The molecule has 1 N–H and O–H groups in total. The summed E-state index contributed by atoms with van der Waals surface area (Å²) in [7, 11) is 0. The first-order valence-electron chi connectivity index (χ1n) is 5.75. The molecule has 2 aliphatic rings. The van der Waals surface area contributed by atoms with Crippen LogP contribution in [0.1, 0.15) is 42.6 Å². The largest absolute Gasteiger partial charge is 0.300 e. The molecule has 0 amide bonds. The number of H-pyrrole nitrogens is 1. The highest BCUT2D eigenvalue weighted by atomic mass is 16.1. The molecule has 4 nitrogen and oxygen atoms in total. The van der Waals surface area contributed by atoms with Gasteiger partial charge in [-0.2, -0.15) is 10.4 Å². The number of rotatable bonds is 1. The summed E-state index contributed by atoms with van der Waals surface area (Å²) in [6.07, 6.45) is 5.07. The minimum Gasteiger partial charge on any atom is -0.300 e. The number of carbonyl (C=O) groups excluding carboxylic acids is 1. The lowest BCUT2D eigenvalue weighted by Gasteiger charge is -2.33. The second-order valence-electron chi connectivity index (χ2n) is 4.82. The van der Waals surface area contributed by atoms with Gasteiger partial charge in [-0.1, -0.05) is 0 Å². The summed E-state index contributed by atoms with van der Waals surface area (Å²) >= 11 is 0. The molecule has 0 unspecified atom stereocenters. The van der Waals surface area contributed by atoms with Crippen LogP contribution in [0.25, 0.3) is 0 Å². The predicted octanol–water partition coefficient (Wildman–Crippen LogP) is 1.41. The smallest absolute Gasteiger partial charge is 0.136 e. The van der Waals surface area contributed by atoms with E-state index in [1.165, 1.54) is 17.7 Å². The molecule has 0 bridgehead atoms. The van der Waals surface area contributed by atoms with Crippen molar-refractivity contribution in [1.29, 1.82) is 5.26 Å². The number of nitriles is 1. The Kier molecular flexibility index (Phi) is 1.90. The maximum Gasteiger partial charge on any atom is 0.136 e. The van der Waals surface area contributed by atoms with Gasteiger partial charge in [-0.15, -0.1) is 0 Å². The number of aromatic nitrogens is 2. The van der Waals surface area contributed by atoms with Gasteiger partial charge in [0, 0.05) is 18.5 Å². The summed E-state index contributed by atoms with van der Waals surface area (Å²) in [5.74, 6) is 0.175. The number of ketones is 1. The molecule has 16 heavy (non-hydrogen) atoms. The maximum absolute atomic E-state index is 11.1. The molecule has 1 fully saturated rings. The molecule has 0 radical (unpaired) electrons. The number of carbonyl (C=O) groups is 1. The fraction of sp³-hybridized carbons (Fsp3) is 0.583. The van der Waals surface area contributed by atoms with E-state index in [0.717, 1.165) is 25.0 Å². The van der Waals surface area contributed by atoms with Gasteiger partial charge in [0.25, 0.3) is 0 Å². The van der Waals surface area contributed by atoms with Crippen LogP contribution < -0.4 is 0 Å². The van der Waals surface area contributed by atoms with Crippen LogP contribution in [-0.2, 0) is 23.1 Å². The van der Waals surface area contributed by atoms with E-state index in [9.17, 15) is 10.1 Å². The zero-order chi connectivity index (χ0) is 11.2. The molecule has 0 aromatic carbocycles. The minimum absolute atomic E-state index is 0.175. The monoisotopic (exact) mass is 215 g/mol. The molecule has 1 heterocycles. The van der Waals surface area contributed by atoms with Crippen molar-refractivity contribution in [3.8, 4) is 6.07 Å². The molecule has 1 saturated carbocycles. The first-order valence-corrected chi connectivity index (χ1v) is 5.75. The van der Waals surface area contributed by atoms with Crippen molar-refractivity contribution >= 4 is 5.78 Å². The SMILES string of the molecule is N#CC1(c2n[nH]c3c2CCCC3)CC(=O)C1. The Bertz CT molecular complexity index is 487. The number of nitrogens with one attached hydrogen (secondary N) is 1. The summed E-state index contributed by atoms with van der Waals surface area (Å²) in [5.41, 5.74) is 2.62. The number of hydrogen-bond acceptors (Lipinski definition) is 3. The van der Waals surface area contributed by atoms with Crippen LogP contribution in [-0.4, -0.2) is 16.0 Å². The van der Waals surface area contributed by atoms with E-state index < -0.39 is 5.41 Å². The molecule has 0 aliphatic heterocycles. The highest BCUT2D eigenvalue weighted by molar-refractivity contribution is 5.90. The molecule has 3 rings (SSSR count). The van der Waals surface area contributed by atoms with Crippen LogP contribution in [0, 0.1) is 11.3 Å². The van der Waals surface area contributed by atoms with E-state index in [2.05, 4.69) is 16.3 Å².